The first kappa shape index (κ1) is 30.9. The minimum absolute atomic E-state index is 0.162. The van der Waals surface area contributed by atoms with Crippen LogP contribution in [0.5, 0.6) is 0 Å². The number of H-pyrrole nitrogens is 2. The fourth-order valence-corrected chi connectivity index (χ4v) is 4.42. The first-order chi connectivity index (χ1) is 20.2. The second kappa shape index (κ2) is 12.4. The van der Waals surface area contributed by atoms with Crippen molar-refractivity contribution in [3.8, 4) is 22.5 Å². The Morgan fingerprint density at radius 3 is 1.35 bits per heavy atom. The van der Waals surface area contributed by atoms with Gasteiger partial charge in [-0.1, -0.05) is 48.5 Å². The zero-order valence-electron chi connectivity index (χ0n) is 24.1. The smallest absolute Gasteiger partial charge is 0.475 e. The number of hydrogen-bond donors (Lipinski definition) is 5. The predicted molar refractivity (Wildman–Crippen MR) is 166 cm³/mol. The molecule has 0 saturated carbocycles. The Morgan fingerprint density at radius 2 is 1.05 bits per heavy atom. The molecule has 7 N–H and O–H groups in total. The van der Waals surface area contributed by atoms with Crippen LogP contribution in [-0.2, 0) is 4.79 Å². The number of halogens is 3. The highest BCUT2D eigenvalue weighted by Crippen LogP contribution is 2.29. The molecule has 5 aromatic rings. The number of rotatable bonds is 6. The van der Waals surface area contributed by atoms with E-state index in [2.05, 4.69) is 80.6 Å². The molecule has 0 bridgehead atoms. The van der Waals surface area contributed by atoms with E-state index < -0.39 is 12.1 Å². The number of aliphatic carboxylic acids is 1. The van der Waals surface area contributed by atoms with Crippen LogP contribution in [0.1, 0.15) is 38.8 Å². The Labute approximate surface area is 246 Å². The molecule has 11 heteroatoms. The first-order valence-electron chi connectivity index (χ1n) is 13.5. The van der Waals surface area contributed by atoms with E-state index in [1.807, 2.05) is 39.8 Å². The number of carbonyl (C=O) groups is 1. The average molecular weight is 591 g/mol. The van der Waals surface area contributed by atoms with Gasteiger partial charge < -0.3 is 26.5 Å². The van der Waals surface area contributed by atoms with Crippen LogP contribution in [-0.4, -0.2) is 51.0 Å². The Hall–Kier alpha value is -5.06. The molecular formula is C32H33F3N6O2. The summed E-state index contributed by atoms with van der Waals surface area (Å²) in [6, 6.07) is 25.5. The molecule has 224 valence electrons. The molecular weight excluding hydrogens is 557 g/mol. The maximum Gasteiger partial charge on any atom is 0.490 e. The Kier molecular flexibility index (Phi) is 8.93. The van der Waals surface area contributed by atoms with E-state index in [0.29, 0.717) is 11.7 Å². The standard InChI is InChI=1S/C30H32N6.C2HF3O2/c1-17(2)33-29(31)23-11-9-21-13-25(35-27(21)15-23)19-5-7-20(8-6-19)26-14-22-10-12-24(16-28(22)36-26)30(32)34-18(3)4;3-2(4,5)1(6)7/h5-18,35-36H,1-4H3,(H2,31,33)(H2,32,34);(H,6,7). The van der Waals surface area contributed by atoms with Crippen LogP contribution in [0.3, 0.4) is 0 Å². The molecule has 2 aromatic heterocycles. The second-order valence-corrected chi connectivity index (χ2v) is 10.6. The molecule has 8 nitrogen and oxygen atoms in total. The number of benzene rings is 3. The highest BCUT2D eigenvalue weighted by atomic mass is 19.4. The van der Waals surface area contributed by atoms with Crippen LogP contribution in [0.15, 0.2) is 82.8 Å². The number of nitrogens with zero attached hydrogens (tertiary/aromatic N) is 2. The monoisotopic (exact) mass is 590 g/mol. The topological polar surface area (TPSA) is 146 Å². The third-order valence-electron chi connectivity index (χ3n) is 6.38. The summed E-state index contributed by atoms with van der Waals surface area (Å²) in [5, 5.41) is 9.41. The summed E-state index contributed by atoms with van der Waals surface area (Å²) in [5.74, 6) is -1.63. The highest BCUT2D eigenvalue weighted by molar-refractivity contribution is 6.02. The van der Waals surface area contributed by atoms with Gasteiger partial charge in [0.25, 0.3) is 0 Å². The van der Waals surface area contributed by atoms with E-state index in [9.17, 15) is 13.2 Å². The molecule has 0 aliphatic heterocycles. The summed E-state index contributed by atoms with van der Waals surface area (Å²) < 4.78 is 31.7. The summed E-state index contributed by atoms with van der Waals surface area (Å²) in [7, 11) is 0. The van der Waals surface area contributed by atoms with Crippen molar-refractivity contribution in [3.05, 3.63) is 83.9 Å². The number of aliphatic imine (C=N–C) groups is 2. The van der Waals surface area contributed by atoms with Gasteiger partial charge in [0.15, 0.2) is 0 Å². The van der Waals surface area contributed by atoms with Crippen LogP contribution in [0.2, 0.25) is 0 Å². The van der Waals surface area contributed by atoms with Crippen molar-refractivity contribution in [2.45, 2.75) is 46.0 Å². The van der Waals surface area contributed by atoms with Crippen LogP contribution >= 0.6 is 0 Å². The van der Waals surface area contributed by atoms with Crippen molar-refractivity contribution in [2.75, 3.05) is 0 Å². The van der Waals surface area contributed by atoms with E-state index in [1.165, 1.54) is 0 Å². The van der Waals surface area contributed by atoms with E-state index in [0.717, 1.165) is 55.4 Å². The normalized spacial score (nSPS) is 12.7. The lowest BCUT2D eigenvalue weighted by Gasteiger charge is -2.03. The minimum atomic E-state index is -5.08. The van der Waals surface area contributed by atoms with Crippen molar-refractivity contribution < 1.29 is 23.1 Å². The second-order valence-electron chi connectivity index (χ2n) is 10.6. The highest BCUT2D eigenvalue weighted by Gasteiger charge is 2.38. The van der Waals surface area contributed by atoms with E-state index in [1.54, 1.807) is 0 Å². The van der Waals surface area contributed by atoms with Crippen molar-refractivity contribution >= 4 is 39.4 Å². The number of alkyl halides is 3. The van der Waals surface area contributed by atoms with Crippen LogP contribution in [0, 0.1) is 0 Å². The maximum atomic E-state index is 10.6. The zero-order valence-corrected chi connectivity index (χ0v) is 24.1. The zero-order chi connectivity index (χ0) is 31.5. The lowest BCUT2D eigenvalue weighted by Crippen LogP contribution is -2.21. The van der Waals surface area contributed by atoms with Gasteiger partial charge in [0.1, 0.15) is 11.7 Å². The predicted octanol–water partition coefficient (Wildman–Crippen LogP) is 6.84. The van der Waals surface area contributed by atoms with E-state index in [4.69, 9.17) is 21.4 Å². The fraction of sp³-hybridized carbons (Fsp3) is 0.219. The lowest BCUT2D eigenvalue weighted by atomic mass is 10.1. The summed E-state index contributed by atoms with van der Waals surface area (Å²) in [6.45, 7) is 8.09. The molecule has 0 radical (unpaired) electrons. The van der Waals surface area contributed by atoms with E-state index >= 15 is 0 Å². The van der Waals surface area contributed by atoms with Gasteiger partial charge in [0.2, 0.25) is 0 Å². The van der Waals surface area contributed by atoms with Crippen LogP contribution in [0.25, 0.3) is 44.3 Å². The molecule has 43 heavy (non-hydrogen) atoms. The van der Waals surface area contributed by atoms with Crippen molar-refractivity contribution in [1.29, 1.82) is 0 Å². The number of carboxylic acids is 1. The van der Waals surface area contributed by atoms with Gasteiger partial charge in [0, 0.05) is 56.4 Å². The van der Waals surface area contributed by atoms with Gasteiger partial charge in [-0.2, -0.15) is 13.2 Å². The number of nitrogens with one attached hydrogen (secondary N) is 2. The summed E-state index contributed by atoms with van der Waals surface area (Å²) in [4.78, 5) is 24.9. The molecule has 2 heterocycles. The van der Waals surface area contributed by atoms with Gasteiger partial charge in [-0.05, 0) is 63.1 Å². The van der Waals surface area contributed by atoms with Gasteiger partial charge in [0.05, 0.1) is 0 Å². The number of nitrogens with two attached hydrogens (primary N) is 2. The SMILES string of the molecule is CC(C)N=C(N)c1ccc2cc(-c3ccc(-c4cc5ccc(C(N)=NC(C)C)cc5[nH]4)cc3)[nH]c2c1.O=C(O)C(F)(F)F. The minimum Gasteiger partial charge on any atom is -0.475 e. The summed E-state index contributed by atoms with van der Waals surface area (Å²) in [5.41, 5.74) is 20.7. The summed E-state index contributed by atoms with van der Waals surface area (Å²) in [6.07, 6.45) is -5.08. The van der Waals surface area contributed by atoms with Crippen LogP contribution < -0.4 is 11.5 Å². The molecule has 3 aromatic carbocycles. The van der Waals surface area contributed by atoms with Crippen molar-refractivity contribution in [3.63, 3.8) is 0 Å². The number of amidine groups is 2. The fourth-order valence-electron chi connectivity index (χ4n) is 4.42. The molecule has 0 aliphatic carbocycles. The molecule has 5 rings (SSSR count). The number of carboxylic acid groups (broad SMARTS) is 1. The molecule has 0 aliphatic rings. The quantitative estimate of drug-likeness (QED) is 0.109. The molecule has 0 spiro atoms. The molecule has 0 amide bonds. The lowest BCUT2D eigenvalue weighted by molar-refractivity contribution is -0.192. The molecule has 0 unspecified atom stereocenters. The van der Waals surface area contributed by atoms with Crippen molar-refractivity contribution in [2.24, 2.45) is 21.5 Å². The average Bonchev–Trinajstić information content (AvgIpc) is 3.55. The van der Waals surface area contributed by atoms with E-state index in [-0.39, 0.29) is 12.1 Å². The van der Waals surface area contributed by atoms with Gasteiger partial charge >= 0.3 is 12.1 Å². The Balaban J connectivity index is 0.000000541. The third-order valence-corrected chi connectivity index (χ3v) is 6.38. The Morgan fingerprint density at radius 1 is 0.698 bits per heavy atom. The number of fused-ring (bicyclic) bond motifs is 2. The largest absolute Gasteiger partial charge is 0.490 e. The molecule has 0 saturated heterocycles. The Bertz CT molecular complexity index is 1690. The number of aromatic nitrogens is 2. The number of aromatic amines is 2. The van der Waals surface area contributed by atoms with Crippen molar-refractivity contribution in [1.82, 2.24) is 9.97 Å². The number of hydrogen-bond acceptors (Lipinski definition) is 3. The molecule has 0 fully saturated rings. The third kappa shape index (κ3) is 7.62. The van der Waals surface area contributed by atoms with Gasteiger partial charge in [-0.15, -0.1) is 0 Å². The maximum absolute atomic E-state index is 10.6. The summed E-state index contributed by atoms with van der Waals surface area (Å²) >= 11 is 0. The van der Waals surface area contributed by atoms with Crippen LogP contribution in [0.4, 0.5) is 13.2 Å². The first-order valence-corrected chi connectivity index (χ1v) is 13.5. The van der Waals surface area contributed by atoms with Gasteiger partial charge in [-0.25, -0.2) is 4.79 Å². The molecule has 0 atom stereocenters. The van der Waals surface area contributed by atoms with Gasteiger partial charge in [-0.3, -0.25) is 9.98 Å².